The number of halogens is 1. The minimum absolute atomic E-state index is 0.0465. The first-order chi connectivity index (χ1) is 17.5. The van der Waals surface area contributed by atoms with Crippen LogP contribution in [0.2, 0.25) is 5.02 Å². The summed E-state index contributed by atoms with van der Waals surface area (Å²) in [4.78, 5) is 19.4. The molecule has 0 aromatic heterocycles. The molecule has 0 radical (unpaired) electrons. The lowest BCUT2D eigenvalue weighted by atomic mass is 9.73. The first kappa shape index (κ1) is 24.6. The van der Waals surface area contributed by atoms with Crippen molar-refractivity contribution < 1.29 is 19.4 Å². The van der Waals surface area contributed by atoms with Gasteiger partial charge in [-0.2, -0.15) is 0 Å². The van der Waals surface area contributed by atoms with Crippen LogP contribution in [0.3, 0.4) is 0 Å². The molecule has 1 N–H and O–H groups in total. The average Bonchev–Trinajstić information content (AvgIpc) is 3.06. The summed E-state index contributed by atoms with van der Waals surface area (Å²) in [7, 11) is 1.67. The second-order valence-electron chi connectivity index (χ2n) is 9.63. The Bertz CT molecular complexity index is 1200. The summed E-state index contributed by atoms with van der Waals surface area (Å²) >= 11 is 6.03. The van der Waals surface area contributed by atoms with Crippen molar-refractivity contribution in [3.05, 3.63) is 76.8 Å². The van der Waals surface area contributed by atoms with Crippen LogP contribution in [0.4, 0.5) is 0 Å². The van der Waals surface area contributed by atoms with Gasteiger partial charge in [0.15, 0.2) is 0 Å². The number of allylic oxidation sites excluding steroid dienone is 1. The zero-order valence-corrected chi connectivity index (χ0v) is 21.2. The predicted octanol–water partition coefficient (Wildman–Crippen LogP) is 5.26. The molecule has 188 valence electrons. The Hall–Kier alpha value is -3.09. The minimum atomic E-state index is -0.855. The quantitative estimate of drug-likeness (QED) is 0.578. The van der Waals surface area contributed by atoms with Crippen LogP contribution in [0.15, 0.2) is 65.7 Å². The smallest absolute Gasteiger partial charge is 0.314 e. The fourth-order valence-electron chi connectivity index (χ4n) is 5.55. The van der Waals surface area contributed by atoms with Crippen molar-refractivity contribution in [1.29, 1.82) is 0 Å². The van der Waals surface area contributed by atoms with Crippen molar-refractivity contribution >= 4 is 29.4 Å². The molecule has 3 heterocycles. The van der Waals surface area contributed by atoms with Crippen molar-refractivity contribution in [2.75, 3.05) is 33.4 Å². The number of piperidine rings is 1. The van der Waals surface area contributed by atoms with Crippen molar-refractivity contribution in [3.63, 3.8) is 0 Å². The molecule has 2 atom stereocenters. The van der Waals surface area contributed by atoms with E-state index in [1.165, 1.54) is 5.57 Å². The molecule has 3 aliphatic rings. The van der Waals surface area contributed by atoms with Crippen LogP contribution < -0.4 is 9.47 Å². The van der Waals surface area contributed by atoms with Gasteiger partial charge in [-0.1, -0.05) is 35.9 Å². The molecule has 1 saturated heterocycles. The number of methoxy groups -OCH3 is 1. The lowest BCUT2D eigenvalue weighted by Gasteiger charge is -2.39. The zero-order valence-electron chi connectivity index (χ0n) is 20.4. The fraction of sp³-hybridized carbons (Fsp3) is 0.379. The maximum Gasteiger partial charge on any atom is 0.314 e. The maximum absolute atomic E-state index is 12.3. The molecule has 5 rings (SSSR count). The highest BCUT2D eigenvalue weighted by Gasteiger charge is 2.43. The Kier molecular flexibility index (Phi) is 7.17. The van der Waals surface area contributed by atoms with Crippen LogP contribution in [0.5, 0.6) is 11.5 Å². The number of dihydropyridines is 1. The van der Waals surface area contributed by atoms with Crippen LogP contribution in [0, 0.1) is 5.92 Å². The van der Waals surface area contributed by atoms with Gasteiger partial charge in [0.25, 0.3) is 0 Å². The standard InChI is InChI=1S/C29H31ClN2O4/c1-35-22-10-11-27-25(18-22)23(24-4-2-14-31-26(24)19-36-27)5-3-15-32-16-12-29(13-17-32,28(33)34)20-6-8-21(30)9-7-20/h2,4-11,14,18,24,26H,3,12-13,15-17,19H2,1H3,(H,33,34)/b23-5+. The number of ether oxygens (including phenoxy) is 2. The molecular weight excluding hydrogens is 476 g/mol. The van der Waals surface area contributed by atoms with Crippen molar-refractivity contribution in [1.82, 2.24) is 4.90 Å². The number of hydrogen-bond acceptors (Lipinski definition) is 5. The number of rotatable bonds is 6. The highest BCUT2D eigenvalue weighted by atomic mass is 35.5. The summed E-state index contributed by atoms with van der Waals surface area (Å²) in [6.07, 6.45) is 10.4. The largest absolute Gasteiger partial charge is 0.497 e. The van der Waals surface area contributed by atoms with E-state index in [2.05, 4.69) is 22.0 Å². The third-order valence-corrected chi connectivity index (χ3v) is 7.94. The van der Waals surface area contributed by atoms with Crippen LogP contribution in [0.1, 0.15) is 30.4 Å². The Morgan fingerprint density at radius 3 is 2.75 bits per heavy atom. The van der Waals surface area contributed by atoms with E-state index in [9.17, 15) is 9.90 Å². The van der Waals surface area contributed by atoms with E-state index in [0.29, 0.717) is 24.5 Å². The summed E-state index contributed by atoms with van der Waals surface area (Å²) in [6.45, 7) is 2.88. The SMILES string of the molecule is COc1ccc2c(c1)/C(=C/CCN1CCC(C(=O)O)(c3ccc(Cl)cc3)CC1)C1C=CC=NC1CO2. The number of aliphatic imine (C=N–C) groups is 1. The van der Waals surface area contributed by atoms with E-state index in [1.807, 2.05) is 42.6 Å². The maximum atomic E-state index is 12.3. The molecule has 36 heavy (non-hydrogen) atoms. The highest BCUT2D eigenvalue weighted by molar-refractivity contribution is 6.30. The topological polar surface area (TPSA) is 71.4 Å². The summed E-state index contributed by atoms with van der Waals surface area (Å²) in [6, 6.07) is 13.3. The van der Waals surface area contributed by atoms with Crippen molar-refractivity contribution in [3.8, 4) is 11.5 Å². The summed E-state index contributed by atoms with van der Waals surface area (Å²) in [5.41, 5.74) is 2.24. The Morgan fingerprint density at radius 2 is 2.03 bits per heavy atom. The van der Waals surface area contributed by atoms with Crippen molar-refractivity contribution in [2.24, 2.45) is 10.9 Å². The lowest BCUT2D eigenvalue weighted by molar-refractivity contribution is -0.146. The Labute approximate surface area is 216 Å². The number of carbonyl (C=O) groups is 1. The number of carboxylic acid groups (broad SMARTS) is 1. The second kappa shape index (κ2) is 10.5. The van der Waals surface area contributed by atoms with E-state index >= 15 is 0 Å². The number of aliphatic carboxylic acids is 1. The Morgan fingerprint density at radius 1 is 1.25 bits per heavy atom. The second-order valence-corrected chi connectivity index (χ2v) is 10.1. The van der Waals surface area contributed by atoms with Gasteiger partial charge in [0.2, 0.25) is 0 Å². The first-order valence-electron chi connectivity index (χ1n) is 12.4. The third kappa shape index (κ3) is 4.80. The molecule has 0 spiro atoms. The molecule has 2 aromatic rings. The number of benzene rings is 2. The number of nitrogens with zero attached hydrogens (tertiary/aromatic N) is 2. The van der Waals surface area contributed by atoms with Gasteiger partial charge in [0.1, 0.15) is 18.1 Å². The van der Waals surface area contributed by atoms with Crippen LogP contribution in [-0.4, -0.2) is 61.6 Å². The van der Waals surface area contributed by atoms with Gasteiger partial charge in [0.05, 0.1) is 18.6 Å². The molecule has 6 nitrogen and oxygen atoms in total. The summed E-state index contributed by atoms with van der Waals surface area (Å²) < 4.78 is 11.6. The van der Waals surface area contributed by atoms with Crippen molar-refractivity contribution in [2.45, 2.75) is 30.7 Å². The molecule has 2 aromatic carbocycles. The monoisotopic (exact) mass is 506 g/mol. The van der Waals surface area contributed by atoms with Crippen LogP contribution in [0.25, 0.3) is 5.57 Å². The molecule has 7 heteroatoms. The predicted molar refractivity (Wildman–Crippen MR) is 142 cm³/mol. The molecule has 0 aliphatic carbocycles. The van der Waals surface area contributed by atoms with Gasteiger partial charge in [0, 0.05) is 29.3 Å². The normalized spacial score (nSPS) is 23.9. The van der Waals surface area contributed by atoms with Gasteiger partial charge in [-0.3, -0.25) is 9.79 Å². The third-order valence-electron chi connectivity index (χ3n) is 7.69. The van der Waals surface area contributed by atoms with E-state index < -0.39 is 11.4 Å². The van der Waals surface area contributed by atoms with E-state index in [-0.39, 0.29) is 12.0 Å². The van der Waals surface area contributed by atoms with Gasteiger partial charge in [-0.15, -0.1) is 0 Å². The minimum Gasteiger partial charge on any atom is -0.497 e. The van der Waals surface area contributed by atoms with Gasteiger partial charge in [-0.05, 0) is 79.9 Å². The number of hydrogen-bond donors (Lipinski definition) is 1. The first-order valence-corrected chi connectivity index (χ1v) is 12.8. The number of fused-ring (bicyclic) bond motifs is 2. The van der Waals surface area contributed by atoms with Crippen LogP contribution >= 0.6 is 11.6 Å². The molecule has 3 aliphatic heterocycles. The zero-order chi connectivity index (χ0) is 25.1. The van der Waals surface area contributed by atoms with E-state index in [1.54, 1.807) is 19.2 Å². The summed E-state index contributed by atoms with van der Waals surface area (Å²) in [5.74, 6) is 1.04. The number of carboxylic acids is 1. The van der Waals surface area contributed by atoms with Gasteiger partial charge in [-0.25, -0.2) is 0 Å². The Balaban J connectivity index is 1.31. The highest BCUT2D eigenvalue weighted by Crippen LogP contribution is 2.41. The van der Waals surface area contributed by atoms with E-state index in [4.69, 9.17) is 21.1 Å². The van der Waals surface area contributed by atoms with Gasteiger partial charge < -0.3 is 19.5 Å². The molecule has 0 bridgehead atoms. The lowest BCUT2D eigenvalue weighted by Crippen LogP contribution is -2.47. The molecule has 2 unspecified atom stereocenters. The molecule has 0 amide bonds. The molecule has 0 saturated carbocycles. The average molecular weight is 507 g/mol. The van der Waals surface area contributed by atoms with Crippen LogP contribution in [-0.2, 0) is 10.2 Å². The molecular formula is C29H31ClN2O4. The molecule has 1 fully saturated rings. The van der Waals surface area contributed by atoms with Gasteiger partial charge >= 0.3 is 5.97 Å². The number of likely N-dealkylation sites (tertiary alicyclic amines) is 1. The summed E-state index contributed by atoms with van der Waals surface area (Å²) in [5, 5.41) is 10.7. The fourth-order valence-corrected chi connectivity index (χ4v) is 5.68. The van der Waals surface area contributed by atoms with E-state index in [0.717, 1.165) is 48.7 Å².